The monoisotopic (exact) mass is 374 g/mol. The van der Waals surface area contributed by atoms with E-state index >= 15 is 0 Å². The van der Waals surface area contributed by atoms with Crippen LogP contribution in [0, 0.1) is 10.6 Å². The number of aromatic nitrogens is 3. The van der Waals surface area contributed by atoms with Gasteiger partial charge in [0.05, 0.1) is 11.8 Å². The van der Waals surface area contributed by atoms with E-state index in [1.165, 1.54) is 10.7 Å². The molecule has 1 heterocycles. The Morgan fingerprint density at radius 1 is 0.889 bits per heavy atom. The Morgan fingerprint density at radius 3 is 2.30 bits per heavy atom. The Balaban J connectivity index is 1.64. The molecular weight excluding hydrogens is 359 g/mol. The molecule has 4 rings (SSSR count). The molecule has 0 bridgehead atoms. The fourth-order valence-electron chi connectivity index (χ4n) is 2.73. The molecular formula is C21H15FN4S. The molecule has 0 unspecified atom stereocenters. The van der Waals surface area contributed by atoms with Crippen molar-refractivity contribution in [3.8, 4) is 22.5 Å². The van der Waals surface area contributed by atoms with Crippen molar-refractivity contribution >= 4 is 18.4 Å². The van der Waals surface area contributed by atoms with Crippen molar-refractivity contribution < 1.29 is 4.39 Å². The van der Waals surface area contributed by atoms with E-state index in [0.717, 1.165) is 16.7 Å². The van der Waals surface area contributed by atoms with Crippen LogP contribution in [0.3, 0.4) is 0 Å². The van der Waals surface area contributed by atoms with Crippen LogP contribution in [0.25, 0.3) is 22.5 Å². The molecule has 0 aliphatic heterocycles. The van der Waals surface area contributed by atoms with Crippen LogP contribution in [-0.2, 0) is 0 Å². The molecule has 1 aromatic heterocycles. The molecule has 1 N–H and O–H groups in total. The number of nitrogens with one attached hydrogen (secondary N) is 1. The number of hydrogen-bond donors (Lipinski definition) is 1. The lowest BCUT2D eigenvalue weighted by Gasteiger charge is -2.03. The maximum Gasteiger partial charge on any atom is 0.216 e. The van der Waals surface area contributed by atoms with Gasteiger partial charge in [0, 0.05) is 0 Å². The summed E-state index contributed by atoms with van der Waals surface area (Å²) in [6, 6.07) is 24.5. The molecule has 0 aliphatic carbocycles. The van der Waals surface area contributed by atoms with Crippen molar-refractivity contribution in [1.29, 1.82) is 0 Å². The highest BCUT2D eigenvalue weighted by Gasteiger charge is 2.12. The standard InChI is InChI=1S/C21H15FN4S/c22-19-9-5-4-8-18(19)20-24-25-21(27)26(20)23-14-15-10-12-17(13-11-15)16-6-2-1-3-7-16/h1-14H,(H,25,27). The minimum absolute atomic E-state index is 0.297. The van der Waals surface area contributed by atoms with Crippen LogP contribution in [0.2, 0.25) is 0 Å². The lowest BCUT2D eigenvalue weighted by molar-refractivity contribution is 0.628. The zero-order chi connectivity index (χ0) is 18.6. The lowest BCUT2D eigenvalue weighted by atomic mass is 10.0. The zero-order valence-corrected chi connectivity index (χ0v) is 15.0. The Labute approximate surface area is 160 Å². The minimum atomic E-state index is -0.379. The highest BCUT2D eigenvalue weighted by molar-refractivity contribution is 7.71. The van der Waals surface area contributed by atoms with Crippen LogP contribution in [0.1, 0.15) is 5.56 Å². The number of benzene rings is 3. The summed E-state index contributed by atoms with van der Waals surface area (Å²) in [4.78, 5) is 0. The Hall–Kier alpha value is -3.38. The summed E-state index contributed by atoms with van der Waals surface area (Å²) in [6.45, 7) is 0. The fraction of sp³-hybridized carbons (Fsp3) is 0. The van der Waals surface area contributed by atoms with Crippen LogP contribution < -0.4 is 0 Å². The Kier molecular flexibility index (Phi) is 4.72. The van der Waals surface area contributed by atoms with Gasteiger partial charge in [0.1, 0.15) is 5.82 Å². The molecule has 0 spiro atoms. The van der Waals surface area contributed by atoms with Gasteiger partial charge in [0.25, 0.3) is 0 Å². The molecule has 0 atom stereocenters. The van der Waals surface area contributed by atoms with Crippen LogP contribution >= 0.6 is 12.2 Å². The first-order chi connectivity index (χ1) is 13.2. The first-order valence-electron chi connectivity index (χ1n) is 8.34. The summed E-state index contributed by atoms with van der Waals surface area (Å²) in [7, 11) is 0. The van der Waals surface area contributed by atoms with E-state index in [2.05, 4.69) is 27.4 Å². The molecule has 4 nitrogen and oxygen atoms in total. The summed E-state index contributed by atoms with van der Waals surface area (Å²) >= 11 is 5.22. The van der Waals surface area contributed by atoms with Crippen LogP contribution in [0.15, 0.2) is 84.0 Å². The summed E-state index contributed by atoms with van der Waals surface area (Å²) in [6.07, 6.45) is 1.67. The Morgan fingerprint density at radius 2 is 1.56 bits per heavy atom. The third-order valence-electron chi connectivity index (χ3n) is 4.11. The predicted molar refractivity (Wildman–Crippen MR) is 108 cm³/mol. The van der Waals surface area contributed by atoms with Gasteiger partial charge in [0.15, 0.2) is 5.82 Å². The number of aromatic amines is 1. The van der Waals surface area contributed by atoms with E-state index < -0.39 is 0 Å². The number of H-pyrrole nitrogens is 1. The van der Waals surface area contributed by atoms with Crippen molar-refractivity contribution in [3.05, 3.63) is 95.0 Å². The SMILES string of the molecule is Fc1ccccc1-c1n[nH]c(=S)n1N=Cc1ccc(-c2ccccc2)cc1. The molecule has 0 radical (unpaired) electrons. The zero-order valence-electron chi connectivity index (χ0n) is 14.2. The number of halogens is 1. The molecule has 6 heteroatoms. The van der Waals surface area contributed by atoms with E-state index in [-0.39, 0.29) is 5.82 Å². The van der Waals surface area contributed by atoms with Gasteiger partial charge in [-0.25, -0.2) is 9.49 Å². The molecule has 0 fully saturated rings. The van der Waals surface area contributed by atoms with E-state index in [9.17, 15) is 4.39 Å². The molecule has 4 aromatic rings. The van der Waals surface area contributed by atoms with E-state index in [4.69, 9.17) is 12.2 Å². The molecule has 0 amide bonds. The van der Waals surface area contributed by atoms with Crippen LogP contribution in [0.5, 0.6) is 0 Å². The maximum atomic E-state index is 14.1. The van der Waals surface area contributed by atoms with Crippen LogP contribution in [-0.4, -0.2) is 21.1 Å². The van der Waals surface area contributed by atoms with Gasteiger partial charge in [-0.15, -0.1) is 0 Å². The second kappa shape index (κ2) is 7.47. The lowest BCUT2D eigenvalue weighted by Crippen LogP contribution is -1.96. The first-order valence-corrected chi connectivity index (χ1v) is 8.75. The van der Waals surface area contributed by atoms with Gasteiger partial charge < -0.3 is 0 Å². The van der Waals surface area contributed by atoms with Gasteiger partial charge in [0.2, 0.25) is 4.77 Å². The topological polar surface area (TPSA) is 46.0 Å². The summed E-state index contributed by atoms with van der Waals surface area (Å²) in [5.74, 6) is -0.0505. The highest BCUT2D eigenvalue weighted by Crippen LogP contribution is 2.21. The molecule has 0 aliphatic rings. The molecule has 132 valence electrons. The number of hydrogen-bond acceptors (Lipinski definition) is 3. The third-order valence-corrected chi connectivity index (χ3v) is 4.37. The minimum Gasteiger partial charge on any atom is -0.250 e. The predicted octanol–water partition coefficient (Wildman–Crippen LogP) is 5.30. The molecule has 27 heavy (non-hydrogen) atoms. The quantitative estimate of drug-likeness (QED) is 0.389. The number of nitrogens with zero attached hydrogens (tertiary/aromatic N) is 3. The van der Waals surface area contributed by atoms with E-state index in [1.54, 1.807) is 24.4 Å². The summed E-state index contributed by atoms with van der Waals surface area (Å²) in [5, 5.41) is 11.2. The smallest absolute Gasteiger partial charge is 0.216 e. The second-order valence-corrected chi connectivity index (χ2v) is 6.26. The highest BCUT2D eigenvalue weighted by atomic mass is 32.1. The van der Waals surface area contributed by atoms with Crippen molar-refractivity contribution in [2.24, 2.45) is 5.10 Å². The Bertz CT molecular complexity index is 1140. The largest absolute Gasteiger partial charge is 0.250 e. The van der Waals surface area contributed by atoms with Gasteiger partial charge in [-0.05, 0) is 41.0 Å². The van der Waals surface area contributed by atoms with Crippen molar-refractivity contribution in [3.63, 3.8) is 0 Å². The fourth-order valence-corrected chi connectivity index (χ4v) is 2.91. The average Bonchev–Trinajstić information content (AvgIpc) is 3.08. The van der Waals surface area contributed by atoms with Gasteiger partial charge in [-0.2, -0.15) is 14.9 Å². The van der Waals surface area contributed by atoms with Gasteiger partial charge in [-0.1, -0.05) is 66.7 Å². The van der Waals surface area contributed by atoms with Crippen molar-refractivity contribution in [1.82, 2.24) is 14.9 Å². The molecule has 3 aromatic carbocycles. The summed E-state index contributed by atoms with van der Waals surface area (Å²) in [5.41, 5.74) is 3.51. The molecule has 0 saturated heterocycles. The normalized spacial score (nSPS) is 11.1. The average molecular weight is 374 g/mol. The van der Waals surface area contributed by atoms with E-state index in [1.807, 2.05) is 42.5 Å². The van der Waals surface area contributed by atoms with Gasteiger partial charge in [-0.3, -0.25) is 0 Å². The summed E-state index contributed by atoms with van der Waals surface area (Å²) < 4.78 is 15.8. The molecule has 0 saturated carbocycles. The van der Waals surface area contributed by atoms with E-state index in [0.29, 0.717) is 16.2 Å². The number of rotatable bonds is 4. The van der Waals surface area contributed by atoms with Crippen LogP contribution in [0.4, 0.5) is 4.39 Å². The van der Waals surface area contributed by atoms with Crippen molar-refractivity contribution in [2.45, 2.75) is 0 Å². The van der Waals surface area contributed by atoms with Gasteiger partial charge >= 0.3 is 0 Å². The van der Waals surface area contributed by atoms with Crippen molar-refractivity contribution in [2.75, 3.05) is 0 Å². The third kappa shape index (κ3) is 3.61. The second-order valence-electron chi connectivity index (χ2n) is 5.88. The maximum absolute atomic E-state index is 14.1. The first kappa shape index (κ1) is 17.1.